The van der Waals surface area contributed by atoms with Crippen LogP contribution in [0.4, 0.5) is 0 Å². The molecule has 0 spiro atoms. The van der Waals surface area contributed by atoms with Crippen molar-refractivity contribution in [2.45, 2.75) is 52.7 Å². The lowest BCUT2D eigenvalue weighted by Gasteiger charge is -2.24. The van der Waals surface area contributed by atoms with Crippen molar-refractivity contribution in [2.24, 2.45) is 0 Å². The van der Waals surface area contributed by atoms with Gasteiger partial charge in [0.25, 0.3) is 0 Å². The maximum atomic E-state index is 11.3. The first kappa shape index (κ1) is 14.1. The normalized spacial score (nSPS) is 17.9. The molecule has 0 aliphatic carbocycles. The fourth-order valence-corrected chi connectivity index (χ4v) is 1.56. The van der Waals surface area contributed by atoms with Gasteiger partial charge < -0.3 is 4.89 Å². The van der Waals surface area contributed by atoms with E-state index < -0.39 is 19.0 Å². The molecule has 0 rings (SSSR count). The van der Waals surface area contributed by atoms with Gasteiger partial charge in [-0.3, -0.25) is 4.52 Å². The van der Waals surface area contributed by atoms with Crippen LogP contribution in [0.2, 0.25) is 0 Å². The van der Waals surface area contributed by atoms with Crippen LogP contribution < -0.4 is 0 Å². The Labute approximate surface area is 84.9 Å². The van der Waals surface area contributed by atoms with Crippen LogP contribution in [-0.4, -0.2) is 16.1 Å². The molecule has 0 heterocycles. The molecule has 5 nitrogen and oxygen atoms in total. The van der Waals surface area contributed by atoms with Gasteiger partial charge in [0.15, 0.2) is 0 Å². The number of hydrogen-bond acceptors (Lipinski definition) is 4. The molecule has 0 saturated heterocycles. The molecule has 0 bridgehead atoms. The highest BCUT2D eigenvalue weighted by molar-refractivity contribution is 7.47. The molecular weight excluding hydrogens is 207 g/mol. The first-order chi connectivity index (χ1) is 5.91. The van der Waals surface area contributed by atoms with Crippen molar-refractivity contribution < 1.29 is 23.5 Å². The molecule has 14 heavy (non-hydrogen) atoms. The first-order valence-corrected chi connectivity index (χ1v) is 5.82. The van der Waals surface area contributed by atoms with Crippen molar-refractivity contribution >= 4 is 7.82 Å². The number of hydrogen-bond donors (Lipinski definition) is 1. The molecule has 0 aliphatic heterocycles. The van der Waals surface area contributed by atoms with Gasteiger partial charge in [-0.25, -0.2) is 9.45 Å². The Hall–Kier alpha value is 0.0700. The van der Waals surface area contributed by atoms with Gasteiger partial charge in [-0.1, -0.05) is 0 Å². The Balaban J connectivity index is 4.17. The zero-order valence-corrected chi connectivity index (χ0v) is 10.4. The number of phosphoric ester groups is 1. The highest BCUT2D eigenvalue weighted by Gasteiger charge is 2.31. The number of rotatable bonds is 3. The molecule has 0 fully saturated rings. The fraction of sp³-hybridized carbons (Fsp3) is 1.00. The molecule has 1 N–H and O–H groups in total. The van der Waals surface area contributed by atoms with Crippen molar-refractivity contribution in [3.05, 3.63) is 0 Å². The van der Waals surface area contributed by atoms with E-state index in [9.17, 15) is 9.46 Å². The molecular formula is C8H19O5P. The van der Waals surface area contributed by atoms with Gasteiger partial charge in [-0.05, 0) is 41.5 Å². The quantitative estimate of drug-likeness (QED) is 0.455. The highest BCUT2D eigenvalue weighted by atomic mass is 31.2. The van der Waals surface area contributed by atoms with Crippen LogP contribution in [0.25, 0.3) is 0 Å². The van der Waals surface area contributed by atoms with E-state index in [1.54, 1.807) is 41.5 Å². The molecule has 1 atom stereocenters. The largest absolute Gasteiger partial charge is 0.500 e. The molecule has 0 amide bonds. The monoisotopic (exact) mass is 226 g/mol. The van der Waals surface area contributed by atoms with Crippen LogP contribution in [0.1, 0.15) is 41.5 Å². The van der Waals surface area contributed by atoms with E-state index in [0.29, 0.717) is 0 Å². The van der Waals surface area contributed by atoms with Crippen molar-refractivity contribution in [1.29, 1.82) is 0 Å². The van der Waals surface area contributed by atoms with Gasteiger partial charge >= 0.3 is 7.82 Å². The minimum Gasteiger partial charge on any atom is -0.301 e. The maximum absolute atomic E-state index is 11.3. The predicted molar refractivity (Wildman–Crippen MR) is 52.6 cm³/mol. The van der Waals surface area contributed by atoms with Crippen LogP contribution in [0.15, 0.2) is 0 Å². The average molecular weight is 226 g/mol. The maximum Gasteiger partial charge on any atom is 0.500 e. The first-order valence-electron chi connectivity index (χ1n) is 4.32. The van der Waals surface area contributed by atoms with Crippen LogP contribution in [0.5, 0.6) is 0 Å². The summed E-state index contributed by atoms with van der Waals surface area (Å²) < 4.78 is 20.4. The molecule has 0 aromatic carbocycles. The van der Waals surface area contributed by atoms with E-state index in [1.807, 2.05) is 0 Å². The third kappa shape index (κ3) is 8.66. The van der Waals surface area contributed by atoms with E-state index >= 15 is 0 Å². The standard InChI is InChI=1S/C8H19O5P/c1-7(2,3)11-13-14(9,10)12-8(4,5)6/h1-6H3,(H,9,10). The summed E-state index contributed by atoms with van der Waals surface area (Å²) in [4.78, 5) is 13.9. The minimum atomic E-state index is -4.13. The van der Waals surface area contributed by atoms with Crippen molar-refractivity contribution in [1.82, 2.24) is 0 Å². The lowest BCUT2D eigenvalue weighted by atomic mass is 10.2. The average Bonchev–Trinajstić information content (AvgIpc) is 1.76. The van der Waals surface area contributed by atoms with Gasteiger partial charge in [0.1, 0.15) is 0 Å². The van der Waals surface area contributed by atoms with Gasteiger partial charge in [-0.15, -0.1) is 4.67 Å². The van der Waals surface area contributed by atoms with Crippen LogP contribution in [0, 0.1) is 0 Å². The third-order valence-corrected chi connectivity index (χ3v) is 1.81. The smallest absolute Gasteiger partial charge is 0.301 e. The summed E-state index contributed by atoms with van der Waals surface area (Å²) in [5.41, 5.74) is -1.41. The zero-order chi connectivity index (χ0) is 11.6. The zero-order valence-electron chi connectivity index (χ0n) is 9.53. The summed E-state index contributed by atoms with van der Waals surface area (Å²) in [6, 6.07) is 0. The Morgan fingerprint density at radius 3 is 1.71 bits per heavy atom. The molecule has 86 valence electrons. The Morgan fingerprint density at radius 2 is 1.43 bits per heavy atom. The van der Waals surface area contributed by atoms with Crippen LogP contribution in [0.3, 0.4) is 0 Å². The molecule has 0 aliphatic rings. The van der Waals surface area contributed by atoms with E-state index in [-0.39, 0.29) is 0 Å². The second kappa shape index (κ2) is 4.29. The third-order valence-electron chi connectivity index (χ3n) is 0.771. The highest BCUT2D eigenvalue weighted by Crippen LogP contribution is 2.48. The topological polar surface area (TPSA) is 65.0 Å². The SMILES string of the molecule is CC(C)(C)OOP(=O)(O)OC(C)(C)C. The van der Waals surface area contributed by atoms with Crippen LogP contribution in [-0.2, 0) is 18.7 Å². The van der Waals surface area contributed by atoms with Gasteiger partial charge in [0, 0.05) is 0 Å². The Morgan fingerprint density at radius 1 is 1.00 bits per heavy atom. The second-order valence-corrected chi connectivity index (χ2v) is 6.21. The lowest BCUT2D eigenvalue weighted by Crippen LogP contribution is -2.22. The summed E-state index contributed by atoms with van der Waals surface area (Å²) in [5.74, 6) is 0. The van der Waals surface area contributed by atoms with E-state index in [4.69, 9.17) is 9.41 Å². The summed E-state index contributed by atoms with van der Waals surface area (Å²) in [7, 11) is -4.13. The molecule has 0 radical (unpaired) electrons. The van der Waals surface area contributed by atoms with E-state index in [1.165, 1.54) is 0 Å². The van der Waals surface area contributed by atoms with Crippen molar-refractivity contribution in [2.75, 3.05) is 0 Å². The Bertz CT molecular complexity index is 225. The van der Waals surface area contributed by atoms with Crippen molar-refractivity contribution in [3.63, 3.8) is 0 Å². The molecule has 6 heteroatoms. The molecule has 0 aromatic rings. The van der Waals surface area contributed by atoms with E-state index in [0.717, 1.165) is 0 Å². The summed E-state index contributed by atoms with van der Waals surface area (Å²) in [6.45, 7) is 10.0. The Kier molecular flexibility index (Phi) is 4.31. The number of phosphoric acid groups is 1. The van der Waals surface area contributed by atoms with Crippen LogP contribution >= 0.6 is 7.82 Å². The predicted octanol–water partition coefficient (Wildman–Crippen LogP) is 2.65. The van der Waals surface area contributed by atoms with Gasteiger partial charge in [-0.2, -0.15) is 0 Å². The summed E-state index contributed by atoms with van der Waals surface area (Å²) in [6.07, 6.45) is 0. The molecule has 1 unspecified atom stereocenters. The second-order valence-electron chi connectivity index (χ2n) is 4.94. The van der Waals surface area contributed by atoms with E-state index in [2.05, 4.69) is 4.67 Å². The summed E-state index contributed by atoms with van der Waals surface area (Å²) >= 11 is 0. The van der Waals surface area contributed by atoms with Gasteiger partial charge in [0.05, 0.1) is 11.2 Å². The molecule has 0 aromatic heterocycles. The fourth-order valence-electron chi connectivity index (χ4n) is 0.520. The lowest BCUT2D eigenvalue weighted by molar-refractivity contribution is -0.290. The minimum absolute atomic E-state index is 0.653. The van der Waals surface area contributed by atoms with Crippen molar-refractivity contribution in [3.8, 4) is 0 Å². The summed E-state index contributed by atoms with van der Waals surface area (Å²) in [5, 5.41) is 0. The molecule has 0 saturated carbocycles. The van der Waals surface area contributed by atoms with Gasteiger partial charge in [0.2, 0.25) is 0 Å².